The zero-order valence-electron chi connectivity index (χ0n) is 17.6. The molecular formula is C23H30BClNO2. The molecule has 5 heteroatoms. The number of nitrogens with zero attached hydrogens (tertiary/aromatic N) is 1. The fraction of sp³-hybridized carbons (Fsp3) is 0.435. The van der Waals surface area contributed by atoms with Crippen LogP contribution in [0, 0.1) is 0 Å². The number of hydrogen-bond acceptors (Lipinski definition) is 3. The third-order valence-corrected chi connectivity index (χ3v) is 5.75. The molecule has 0 saturated heterocycles. The van der Waals surface area contributed by atoms with Crippen LogP contribution in [-0.4, -0.2) is 28.8 Å². The highest BCUT2D eigenvalue weighted by Gasteiger charge is 2.36. The molecule has 28 heavy (non-hydrogen) atoms. The highest BCUT2D eigenvalue weighted by atomic mass is 35.5. The third-order valence-electron chi connectivity index (χ3n) is 5.45. The Morgan fingerprint density at radius 1 is 1.29 bits per heavy atom. The molecule has 0 aromatic carbocycles. The predicted octanol–water partition coefficient (Wildman–Crippen LogP) is 5.87. The minimum atomic E-state index is -1.01. The zero-order valence-corrected chi connectivity index (χ0v) is 18.3. The summed E-state index contributed by atoms with van der Waals surface area (Å²) in [5.41, 5.74) is 3.48. The lowest BCUT2D eigenvalue weighted by Crippen LogP contribution is -2.48. The Morgan fingerprint density at radius 3 is 2.57 bits per heavy atom. The molecule has 0 spiro atoms. The van der Waals surface area contributed by atoms with Gasteiger partial charge in [0.05, 0.1) is 16.2 Å². The second-order valence-electron chi connectivity index (χ2n) is 8.05. The number of hydrogen-bond donors (Lipinski definition) is 1. The standard InChI is InChI=1S/C23H30BClNO2/c1-7-10-16-11-9-12-19(18-13-14-26-15-20(18)25)21(17(16)8-2)24-28-23(5,6)22(3,4)27/h7-8,10,13-15,27H,2,9,11-12H2,1,3-6H3/b10-7-. The van der Waals surface area contributed by atoms with Crippen LogP contribution in [-0.2, 0) is 4.65 Å². The van der Waals surface area contributed by atoms with E-state index >= 15 is 0 Å². The Bertz CT molecular complexity index is 816. The number of rotatable bonds is 7. The van der Waals surface area contributed by atoms with Crippen LogP contribution in [0.25, 0.3) is 5.57 Å². The Kier molecular flexibility index (Phi) is 7.49. The quantitative estimate of drug-likeness (QED) is 0.584. The molecule has 2 rings (SSSR count). The summed E-state index contributed by atoms with van der Waals surface area (Å²) in [7, 11) is 1.76. The van der Waals surface area contributed by atoms with E-state index in [4.69, 9.17) is 16.3 Å². The van der Waals surface area contributed by atoms with Crippen LogP contribution in [0.1, 0.15) is 59.4 Å². The molecule has 1 N–H and O–H groups in total. The van der Waals surface area contributed by atoms with Crippen LogP contribution in [0.4, 0.5) is 0 Å². The van der Waals surface area contributed by atoms with E-state index in [1.54, 1.807) is 33.7 Å². The van der Waals surface area contributed by atoms with Gasteiger partial charge in [-0.15, -0.1) is 0 Å². The van der Waals surface area contributed by atoms with Crippen molar-refractivity contribution in [3.8, 4) is 0 Å². The van der Waals surface area contributed by atoms with Crippen molar-refractivity contribution in [2.24, 2.45) is 0 Å². The first-order chi connectivity index (χ1) is 13.1. The first kappa shape index (κ1) is 22.7. The summed E-state index contributed by atoms with van der Waals surface area (Å²) in [4.78, 5) is 4.12. The second kappa shape index (κ2) is 9.26. The molecule has 0 bridgehead atoms. The number of pyridine rings is 1. The van der Waals surface area contributed by atoms with Crippen LogP contribution in [0.3, 0.4) is 0 Å². The van der Waals surface area contributed by atoms with E-state index in [2.05, 4.69) is 17.6 Å². The van der Waals surface area contributed by atoms with Gasteiger partial charge in [-0.1, -0.05) is 36.4 Å². The average Bonchev–Trinajstić information content (AvgIpc) is 2.79. The molecule has 0 amide bonds. The van der Waals surface area contributed by atoms with Gasteiger partial charge in [0.2, 0.25) is 0 Å². The normalized spacial score (nSPS) is 16.5. The summed E-state index contributed by atoms with van der Waals surface area (Å²) in [5, 5.41) is 11.1. The Morgan fingerprint density at radius 2 is 2.00 bits per heavy atom. The molecule has 0 fully saturated rings. The summed E-state index contributed by atoms with van der Waals surface area (Å²) in [6, 6.07) is 1.94. The van der Waals surface area contributed by atoms with Crippen LogP contribution in [0.15, 0.2) is 59.9 Å². The van der Waals surface area contributed by atoms with Crippen molar-refractivity contribution in [2.75, 3.05) is 0 Å². The van der Waals surface area contributed by atoms with Gasteiger partial charge >= 0.3 is 7.48 Å². The molecule has 1 heterocycles. The molecule has 0 saturated carbocycles. The minimum Gasteiger partial charge on any atom is -0.427 e. The lowest BCUT2D eigenvalue weighted by molar-refractivity contribution is -0.0896. The number of halogens is 1. The molecule has 1 aliphatic carbocycles. The van der Waals surface area contributed by atoms with Crippen LogP contribution in [0.5, 0.6) is 0 Å². The van der Waals surface area contributed by atoms with Crippen molar-refractivity contribution in [3.63, 3.8) is 0 Å². The summed E-state index contributed by atoms with van der Waals surface area (Å²) < 4.78 is 6.14. The Hall–Kier alpha value is -1.62. The number of aliphatic hydroxyl groups is 1. The fourth-order valence-electron chi connectivity index (χ4n) is 3.06. The van der Waals surface area contributed by atoms with Gasteiger partial charge in [0.15, 0.2) is 0 Å². The van der Waals surface area contributed by atoms with Gasteiger partial charge in [0, 0.05) is 12.4 Å². The summed E-state index contributed by atoms with van der Waals surface area (Å²) in [6.45, 7) is 13.3. The maximum Gasteiger partial charge on any atom is 0.331 e. The van der Waals surface area contributed by atoms with E-state index in [1.807, 2.05) is 39.0 Å². The predicted molar refractivity (Wildman–Crippen MR) is 119 cm³/mol. The Balaban J connectivity index is 2.63. The molecule has 1 aromatic heterocycles. The maximum absolute atomic E-state index is 10.5. The van der Waals surface area contributed by atoms with Crippen LogP contribution < -0.4 is 0 Å². The van der Waals surface area contributed by atoms with Gasteiger partial charge < -0.3 is 9.76 Å². The molecule has 149 valence electrons. The van der Waals surface area contributed by atoms with Gasteiger partial charge in [0.1, 0.15) is 0 Å². The van der Waals surface area contributed by atoms with E-state index in [-0.39, 0.29) is 0 Å². The summed E-state index contributed by atoms with van der Waals surface area (Å²) in [6.07, 6.45) is 12.3. The van der Waals surface area contributed by atoms with Gasteiger partial charge in [-0.05, 0) is 87.7 Å². The van der Waals surface area contributed by atoms with Crippen molar-refractivity contribution in [2.45, 2.75) is 65.1 Å². The lowest BCUT2D eigenvalue weighted by Gasteiger charge is -2.38. The van der Waals surface area contributed by atoms with Gasteiger partial charge in [-0.2, -0.15) is 0 Å². The van der Waals surface area contributed by atoms with E-state index in [9.17, 15) is 5.11 Å². The SMILES string of the molecule is C=CC1=C(/C=C\C)CCCC(c2ccncc2Cl)=C1[B]OC(C)(C)C(C)(C)O. The number of allylic oxidation sites excluding steroid dienone is 7. The molecule has 1 aromatic rings. The first-order valence-corrected chi connectivity index (χ1v) is 10.0. The van der Waals surface area contributed by atoms with Gasteiger partial charge in [-0.25, -0.2) is 0 Å². The zero-order chi connectivity index (χ0) is 20.9. The monoisotopic (exact) mass is 398 g/mol. The smallest absolute Gasteiger partial charge is 0.331 e. The lowest BCUT2D eigenvalue weighted by atomic mass is 9.73. The van der Waals surface area contributed by atoms with Crippen LogP contribution in [0.2, 0.25) is 5.02 Å². The van der Waals surface area contributed by atoms with Crippen molar-refractivity contribution in [1.82, 2.24) is 4.98 Å². The largest absolute Gasteiger partial charge is 0.427 e. The van der Waals surface area contributed by atoms with E-state index in [1.165, 1.54) is 5.57 Å². The molecule has 0 aliphatic heterocycles. The van der Waals surface area contributed by atoms with E-state index in [0.717, 1.165) is 41.4 Å². The Labute approximate surface area is 175 Å². The molecular weight excluding hydrogens is 369 g/mol. The maximum atomic E-state index is 10.5. The summed E-state index contributed by atoms with van der Waals surface area (Å²) >= 11 is 6.48. The number of aromatic nitrogens is 1. The van der Waals surface area contributed by atoms with Gasteiger partial charge in [-0.3, -0.25) is 4.98 Å². The molecule has 3 nitrogen and oxygen atoms in total. The summed E-state index contributed by atoms with van der Waals surface area (Å²) in [5.74, 6) is 0. The third kappa shape index (κ3) is 5.05. The van der Waals surface area contributed by atoms with E-state index < -0.39 is 11.2 Å². The second-order valence-corrected chi connectivity index (χ2v) is 8.46. The van der Waals surface area contributed by atoms with Crippen molar-refractivity contribution >= 4 is 24.7 Å². The fourth-order valence-corrected chi connectivity index (χ4v) is 3.29. The highest BCUT2D eigenvalue weighted by molar-refractivity contribution is 6.43. The molecule has 0 atom stereocenters. The molecule has 0 unspecified atom stereocenters. The van der Waals surface area contributed by atoms with Crippen LogP contribution >= 0.6 is 11.6 Å². The molecule has 1 radical (unpaired) electrons. The van der Waals surface area contributed by atoms with E-state index in [0.29, 0.717) is 5.02 Å². The average molecular weight is 399 g/mol. The van der Waals surface area contributed by atoms with Crippen molar-refractivity contribution in [3.05, 3.63) is 70.5 Å². The minimum absolute atomic E-state index is 0.614. The van der Waals surface area contributed by atoms with Crippen molar-refractivity contribution < 1.29 is 9.76 Å². The van der Waals surface area contributed by atoms with Gasteiger partial charge in [0.25, 0.3) is 0 Å². The molecule has 1 aliphatic rings. The van der Waals surface area contributed by atoms with Crippen molar-refractivity contribution in [1.29, 1.82) is 0 Å². The highest BCUT2D eigenvalue weighted by Crippen LogP contribution is 2.38. The first-order valence-electron chi connectivity index (χ1n) is 9.67. The topological polar surface area (TPSA) is 42.4 Å².